The van der Waals surface area contributed by atoms with Gasteiger partial charge in [0.1, 0.15) is 12.4 Å². The summed E-state index contributed by atoms with van der Waals surface area (Å²) in [6.07, 6.45) is 1.49. The van der Waals surface area contributed by atoms with E-state index < -0.39 is 5.91 Å². The fourth-order valence-corrected chi connectivity index (χ4v) is 2.26. The van der Waals surface area contributed by atoms with Gasteiger partial charge in [-0.25, -0.2) is 4.98 Å². The first-order chi connectivity index (χ1) is 9.60. The number of halogens is 1. The van der Waals surface area contributed by atoms with E-state index in [0.29, 0.717) is 10.0 Å². The van der Waals surface area contributed by atoms with E-state index >= 15 is 0 Å². The highest BCUT2D eigenvalue weighted by atomic mass is 35.5. The summed E-state index contributed by atoms with van der Waals surface area (Å²) in [6, 6.07) is 4.11. The number of carbonyl (C=O) groups is 1. The third-order valence-corrected chi connectivity index (χ3v) is 3.37. The van der Waals surface area contributed by atoms with Crippen LogP contribution in [0.3, 0.4) is 0 Å². The van der Waals surface area contributed by atoms with Gasteiger partial charge >= 0.3 is 0 Å². The molecule has 2 rings (SSSR count). The second-order valence-electron chi connectivity index (χ2n) is 3.61. The fraction of sp³-hybridized carbons (Fsp3) is 0.0769. The van der Waals surface area contributed by atoms with Crippen molar-refractivity contribution in [1.29, 1.82) is 0 Å². The van der Waals surface area contributed by atoms with Crippen LogP contribution in [-0.2, 0) is 0 Å². The Morgan fingerprint density at radius 1 is 1.50 bits per heavy atom. The van der Waals surface area contributed by atoms with E-state index in [9.17, 15) is 9.90 Å². The average Bonchev–Trinajstić information content (AvgIpc) is 2.86. The molecule has 3 N–H and O–H groups in total. The Kier molecular flexibility index (Phi) is 4.58. The first kappa shape index (κ1) is 14.3. The largest absolute Gasteiger partial charge is 0.508 e. The molecule has 0 unspecified atom stereocenters. The zero-order valence-electron chi connectivity index (χ0n) is 10.1. The van der Waals surface area contributed by atoms with Gasteiger partial charge in [-0.1, -0.05) is 34.8 Å². The molecule has 0 bridgehead atoms. The molecule has 7 heteroatoms. The van der Waals surface area contributed by atoms with Gasteiger partial charge in [0.05, 0.1) is 21.7 Å². The predicted octanol–water partition coefficient (Wildman–Crippen LogP) is 2.10. The molecule has 0 saturated heterocycles. The predicted molar refractivity (Wildman–Crippen MR) is 77.1 cm³/mol. The number of anilines is 1. The van der Waals surface area contributed by atoms with Crippen molar-refractivity contribution >= 4 is 34.0 Å². The first-order valence-electron chi connectivity index (χ1n) is 5.45. The van der Waals surface area contributed by atoms with Gasteiger partial charge in [-0.2, -0.15) is 0 Å². The number of thiazole rings is 1. The number of phenols is 1. The topological polar surface area (TPSA) is 82.5 Å². The lowest BCUT2D eigenvalue weighted by molar-refractivity contribution is 0.102. The van der Waals surface area contributed by atoms with Crippen LogP contribution in [0.25, 0.3) is 0 Å². The van der Waals surface area contributed by atoms with Crippen molar-refractivity contribution in [2.24, 2.45) is 0 Å². The monoisotopic (exact) mass is 308 g/mol. The van der Waals surface area contributed by atoms with Crippen LogP contribution >= 0.6 is 22.9 Å². The zero-order valence-corrected chi connectivity index (χ0v) is 11.6. The lowest BCUT2D eigenvalue weighted by Gasteiger charge is -2.04. The number of hydrogen-bond acceptors (Lipinski definition) is 5. The highest BCUT2D eigenvalue weighted by Crippen LogP contribution is 2.23. The van der Waals surface area contributed by atoms with Crippen LogP contribution in [0.2, 0.25) is 5.02 Å². The van der Waals surface area contributed by atoms with Crippen molar-refractivity contribution in [1.82, 2.24) is 4.98 Å². The first-order valence-corrected chi connectivity index (χ1v) is 6.65. The molecule has 1 aromatic carbocycles. The smallest absolute Gasteiger partial charge is 0.259 e. The molecule has 1 heterocycles. The van der Waals surface area contributed by atoms with Crippen molar-refractivity contribution in [2.75, 3.05) is 11.9 Å². The number of aliphatic hydroxyl groups excluding tert-OH is 1. The van der Waals surface area contributed by atoms with Crippen molar-refractivity contribution in [3.8, 4) is 17.6 Å². The van der Waals surface area contributed by atoms with E-state index in [1.165, 1.54) is 35.7 Å². The molecule has 0 aliphatic carbocycles. The number of amides is 1. The Morgan fingerprint density at radius 3 is 3.05 bits per heavy atom. The second-order valence-corrected chi connectivity index (χ2v) is 5.05. The summed E-state index contributed by atoms with van der Waals surface area (Å²) in [5.41, 5.74) is 0.157. The van der Waals surface area contributed by atoms with Gasteiger partial charge in [-0.3, -0.25) is 10.1 Å². The van der Waals surface area contributed by atoms with Crippen LogP contribution in [0, 0.1) is 11.8 Å². The van der Waals surface area contributed by atoms with Gasteiger partial charge < -0.3 is 10.2 Å². The van der Waals surface area contributed by atoms with Crippen LogP contribution in [-0.4, -0.2) is 27.7 Å². The summed E-state index contributed by atoms with van der Waals surface area (Å²) >= 11 is 7.06. The molecule has 0 aliphatic rings. The number of aliphatic hydroxyl groups is 1. The molecule has 102 valence electrons. The number of phenolic OH excluding ortho intramolecular Hbond substituents is 1. The Balaban J connectivity index is 2.15. The average molecular weight is 309 g/mol. The summed E-state index contributed by atoms with van der Waals surface area (Å²) in [6.45, 7) is -0.238. The van der Waals surface area contributed by atoms with Gasteiger partial charge in [0, 0.05) is 0 Å². The molecular formula is C13H9ClN2O3S. The summed E-state index contributed by atoms with van der Waals surface area (Å²) in [7, 11) is 0. The number of rotatable bonds is 2. The Hall–Kier alpha value is -2.07. The number of hydrogen-bond donors (Lipinski definition) is 3. The number of nitrogens with zero attached hydrogens (tertiary/aromatic N) is 1. The number of aromatic nitrogens is 1. The van der Waals surface area contributed by atoms with Gasteiger partial charge in [-0.15, -0.1) is 0 Å². The maximum atomic E-state index is 12.0. The number of benzene rings is 1. The lowest BCUT2D eigenvalue weighted by Crippen LogP contribution is -2.12. The van der Waals surface area contributed by atoms with Gasteiger partial charge in [0.15, 0.2) is 5.13 Å². The number of carbonyl (C=O) groups excluding carboxylic acids is 1. The molecule has 0 radical (unpaired) electrons. The second kappa shape index (κ2) is 6.39. The van der Waals surface area contributed by atoms with E-state index in [-0.39, 0.29) is 22.9 Å². The molecule has 2 aromatic rings. The highest BCUT2D eigenvalue weighted by molar-refractivity contribution is 7.16. The van der Waals surface area contributed by atoms with Gasteiger partial charge in [0.25, 0.3) is 5.91 Å². The molecule has 0 fully saturated rings. The summed E-state index contributed by atoms with van der Waals surface area (Å²) in [4.78, 5) is 16.6. The molecule has 1 amide bonds. The Morgan fingerprint density at radius 2 is 2.30 bits per heavy atom. The molecule has 20 heavy (non-hydrogen) atoms. The van der Waals surface area contributed by atoms with E-state index in [0.717, 1.165) is 0 Å². The highest BCUT2D eigenvalue weighted by Gasteiger charge is 2.13. The molecule has 0 aliphatic heterocycles. The van der Waals surface area contributed by atoms with Crippen LogP contribution in [0.1, 0.15) is 15.2 Å². The SMILES string of the molecule is O=C(Nc1ncc(C#CCO)s1)c1cc(O)ccc1Cl. The summed E-state index contributed by atoms with van der Waals surface area (Å²) in [5.74, 6) is 4.66. The summed E-state index contributed by atoms with van der Waals surface area (Å²) in [5, 5.41) is 21.1. The van der Waals surface area contributed by atoms with Crippen molar-refractivity contribution in [3.63, 3.8) is 0 Å². The van der Waals surface area contributed by atoms with Crippen LogP contribution < -0.4 is 5.32 Å². The molecule has 5 nitrogen and oxygen atoms in total. The third kappa shape index (κ3) is 3.48. The lowest BCUT2D eigenvalue weighted by atomic mass is 10.2. The maximum absolute atomic E-state index is 12.0. The van der Waals surface area contributed by atoms with Gasteiger partial charge in [-0.05, 0) is 18.2 Å². The summed E-state index contributed by atoms with van der Waals surface area (Å²) < 4.78 is 0. The van der Waals surface area contributed by atoms with Crippen LogP contribution in [0.4, 0.5) is 5.13 Å². The quantitative estimate of drug-likeness (QED) is 0.742. The van der Waals surface area contributed by atoms with E-state index in [4.69, 9.17) is 16.7 Å². The van der Waals surface area contributed by atoms with Crippen molar-refractivity contribution < 1.29 is 15.0 Å². The zero-order chi connectivity index (χ0) is 14.5. The minimum Gasteiger partial charge on any atom is -0.508 e. The Bertz CT molecular complexity index is 703. The maximum Gasteiger partial charge on any atom is 0.259 e. The number of aromatic hydroxyl groups is 1. The van der Waals surface area contributed by atoms with Crippen LogP contribution in [0.15, 0.2) is 24.4 Å². The third-order valence-electron chi connectivity index (χ3n) is 2.21. The standard InChI is InChI=1S/C13H9ClN2O3S/c14-11-4-3-8(18)6-10(11)12(19)16-13-15-7-9(20-13)2-1-5-17/h3-4,6-7,17-18H,5H2,(H,15,16,19). The van der Waals surface area contributed by atoms with Crippen molar-refractivity contribution in [2.45, 2.75) is 0 Å². The normalized spacial score (nSPS) is 9.70. The minimum atomic E-state index is -0.470. The van der Waals surface area contributed by atoms with Crippen LogP contribution in [0.5, 0.6) is 5.75 Å². The molecule has 0 atom stereocenters. The molecule has 1 aromatic heterocycles. The van der Waals surface area contributed by atoms with Gasteiger partial charge in [0.2, 0.25) is 0 Å². The minimum absolute atomic E-state index is 0.0480. The molecular weight excluding hydrogens is 300 g/mol. The molecule has 0 saturated carbocycles. The molecule has 0 spiro atoms. The van der Waals surface area contributed by atoms with Crippen molar-refractivity contribution in [3.05, 3.63) is 39.9 Å². The van der Waals surface area contributed by atoms with E-state index in [1.54, 1.807) is 0 Å². The fourth-order valence-electron chi connectivity index (χ4n) is 1.37. The van der Waals surface area contributed by atoms with E-state index in [1.807, 2.05) is 0 Å². The number of nitrogens with one attached hydrogen (secondary N) is 1. The van der Waals surface area contributed by atoms with E-state index in [2.05, 4.69) is 22.1 Å². The Labute approximate surface area is 123 Å².